The summed E-state index contributed by atoms with van der Waals surface area (Å²) in [6.45, 7) is 1.80. The molecular weight excluding hydrogens is 551 g/mol. The van der Waals surface area contributed by atoms with Gasteiger partial charge in [0, 0.05) is 24.1 Å². The summed E-state index contributed by atoms with van der Waals surface area (Å²) in [7, 11) is 0. The molecule has 1 saturated heterocycles. The molecule has 4 rings (SSSR count). The second kappa shape index (κ2) is 12.6. The summed E-state index contributed by atoms with van der Waals surface area (Å²) in [6, 6.07) is 14.4. The van der Waals surface area contributed by atoms with E-state index in [-0.39, 0.29) is 29.8 Å². The number of phenols is 1. The van der Waals surface area contributed by atoms with E-state index < -0.39 is 60.6 Å². The van der Waals surface area contributed by atoms with Crippen LogP contribution in [0.15, 0.2) is 66.7 Å². The summed E-state index contributed by atoms with van der Waals surface area (Å²) in [5, 5.41) is 26.3. The fourth-order valence-corrected chi connectivity index (χ4v) is 4.99. The number of carbonyl (C=O) groups is 3. The molecule has 42 heavy (non-hydrogen) atoms. The van der Waals surface area contributed by atoms with Crippen molar-refractivity contribution in [1.82, 2.24) is 15.5 Å². The summed E-state index contributed by atoms with van der Waals surface area (Å²) in [6.07, 6.45) is -2.98. The smallest absolute Gasteiger partial charge is 0.267 e. The number of nitrogens with zero attached hydrogens (tertiary/aromatic N) is 1. The Labute approximate surface area is 241 Å². The normalized spacial score (nSPS) is 17.4. The van der Waals surface area contributed by atoms with Gasteiger partial charge in [0.25, 0.3) is 17.7 Å². The van der Waals surface area contributed by atoms with Crippen LogP contribution >= 0.6 is 0 Å². The highest BCUT2D eigenvalue weighted by atomic mass is 19.3. The van der Waals surface area contributed by atoms with Crippen molar-refractivity contribution in [3.05, 3.63) is 100 Å². The molecular formula is C31H32F3N3O5. The van der Waals surface area contributed by atoms with E-state index in [9.17, 15) is 37.8 Å². The Hall–Kier alpha value is -4.38. The van der Waals surface area contributed by atoms with Gasteiger partial charge in [-0.15, -0.1) is 0 Å². The SMILES string of the molecule is Cc1c(F)cccc1CNC(=O)[C@@H]1CC(F)(F)CN1C(=O)[C@@H](O)[C@H](Cc1ccccc1)NC(=O)c1cccc(O)c1C. The van der Waals surface area contributed by atoms with E-state index in [1.165, 1.54) is 44.2 Å². The van der Waals surface area contributed by atoms with Crippen LogP contribution in [0.3, 0.4) is 0 Å². The second-order valence-corrected chi connectivity index (χ2v) is 10.4. The predicted octanol–water partition coefficient (Wildman–Crippen LogP) is 3.40. The Morgan fingerprint density at radius 1 is 1.00 bits per heavy atom. The summed E-state index contributed by atoms with van der Waals surface area (Å²) < 4.78 is 43.0. The molecule has 0 aromatic heterocycles. The molecule has 0 unspecified atom stereocenters. The number of carbonyl (C=O) groups excluding carboxylic acids is 3. The summed E-state index contributed by atoms with van der Waals surface area (Å²) in [5.74, 6) is -6.73. The lowest BCUT2D eigenvalue weighted by Crippen LogP contribution is -2.56. The van der Waals surface area contributed by atoms with Crippen molar-refractivity contribution in [3.63, 3.8) is 0 Å². The van der Waals surface area contributed by atoms with E-state index in [0.717, 1.165) is 0 Å². The standard InChI is InChI=1S/C31H32F3N3O5/c1-18-21(10-6-12-23(18)32)16-35-29(41)25-15-31(33,34)17-37(25)30(42)27(39)24(14-20-8-4-3-5-9-20)36-28(40)22-11-7-13-26(38)19(22)2/h3-13,24-25,27,38-39H,14-17H2,1-2H3,(H,35,41)(H,36,40)/t24-,25-,27-/m0/s1. The third-order valence-corrected chi connectivity index (χ3v) is 7.49. The van der Waals surface area contributed by atoms with E-state index in [4.69, 9.17) is 0 Å². The first-order valence-corrected chi connectivity index (χ1v) is 13.4. The van der Waals surface area contributed by atoms with E-state index in [0.29, 0.717) is 21.6 Å². The third kappa shape index (κ3) is 6.91. The van der Waals surface area contributed by atoms with Gasteiger partial charge in [0.15, 0.2) is 6.10 Å². The zero-order valence-electron chi connectivity index (χ0n) is 23.1. The van der Waals surface area contributed by atoms with E-state index >= 15 is 0 Å². The summed E-state index contributed by atoms with van der Waals surface area (Å²) >= 11 is 0. The van der Waals surface area contributed by atoms with Crippen molar-refractivity contribution in [1.29, 1.82) is 0 Å². The van der Waals surface area contributed by atoms with Crippen molar-refractivity contribution >= 4 is 17.7 Å². The number of aromatic hydroxyl groups is 1. The molecule has 3 atom stereocenters. The van der Waals surface area contributed by atoms with Crippen molar-refractivity contribution in [2.24, 2.45) is 0 Å². The molecule has 11 heteroatoms. The molecule has 1 aliphatic rings. The monoisotopic (exact) mass is 583 g/mol. The maximum absolute atomic E-state index is 14.6. The van der Waals surface area contributed by atoms with Crippen LogP contribution in [0.1, 0.15) is 39.0 Å². The highest BCUT2D eigenvalue weighted by Crippen LogP contribution is 2.33. The van der Waals surface area contributed by atoms with Crippen molar-refractivity contribution in [2.45, 2.75) is 57.3 Å². The molecule has 0 bridgehead atoms. The predicted molar refractivity (Wildman–Crippen MR) is 148 cm³/mol. The van der Waals surface area contributed by atoms with Crippen LogP contribution in [0.25, 0.3) is 0 Å². The molecule has 3 aromatic rings. The zero-order valence-corrected chi connectivity index (χ0v) is 23.1. The van der Waals surface area contributed by atoms with Gasteiger partial charge < -0.3 is 25.7 Å². The number of phenolic OH excluding ortho intramolecular Hbond substituents is 1. The Balaban J connectivity index is 1.56. The highest BCUT2D eigenvalue weighted by molar-refractivity contribution is 5.97. The molecule has 0 radical (unpaired) electrons. The number of amides is 3. The molecule has 4 N–H and O–H groups in total. The van der Waals surface area contributed by atoms with Gasteiger partial charge in [-0.05, 0) is 55.2 Å². The topological polar surface area (TPSA) is 119 Å². The number of hydrogen-bond donors (Lipinski definition) is 4. The van der Waals surface area contributed by atoms with Crippen molar-refractivity contribution < 1.29 is 37.8 Å². The van der Waals surface area contributed by atoms with Crippen LogP contribution in [0, 0.1) is 19.7 Å². The molecule has 1 fully saturated rings. The zero-order chi connectivity index (χ0) is 30.6. The van der Waals surface area contributed by atoms with Crippen LogP contribution in [0.5, 0.6) is 5.75 Å². The van der Waals surface area contributed by atoms with Crippen molar-refractivity contribution in [2.75, 3.05) is 6.54 Å². The average molecular weight is 584 g/mol. The third-order valence-electron chi connectivity index (χ3n) is 7.49. The van der Waals surface area contributed by atoms with Gasteiger partial charge in [0.05, 0.1) is 12.6 Å². The van der Waals surface area contributed by atoms with E-state index in [1.54, 1.807) is 36.4 Å². The van der Waals surface area contributed by atoms with Gasteiger partial charge in [0.1, 0.15) is 17.6 Å². The quantitative estimate of drug-likeness (QED) is 0.308. The van der Waals surface area contributed by atoms with Gasteiger partial charge in [-0.25, -0.2) is 13.2 Å². The minimum absolute atomic E-state index is 0.0305. The number of hydrogen-bond acceptors (Lipinski definition) is 5. The number of nitrogens with one attached hydrogen (secondary N) is 2. The molecule has 0 aliphatic carbocycles. The van der Waals surface area contributed by atoms with E-state index in [1.807, 2.05) is 0 Å². The first kappa shape index (κ1) is 30.6. The Bertz CT molecular complexity index is 1470. The lowest BCUT2D eigenvalue weighted by atomic mass is 9.98. The molecule has 0 saturated carbocycles. The molecule has 1 heterocycles. The molecule has 3 aromatic carbocycles. The Morgan fingerprint density at radius 3 is 2.40 bits per heavy atom. The number of rotatable bonds is 9. The molecule has 1 aliphatic heterocycles. The lowest BCUT2D eigenvalue weighted by Gasteiger charge is -2.30. The number of aliphatic hydroxyl groups is 1. The average Bonchev–Trinajstić information content (AvgIpc) is 3.29. The van der Waals surface area contributed by atoms with Gasteiger partial charge in [-0.2, -0.15) is 0 Å². The van der Waals surface area contributed by atoms with Crippen LogP contribution in [0.4, 0.5) is 13.2 Å². The number of halogens is 3. The van der Waals surface area contributed by atoms with Gasteiger partial charge in [0.2, 0.25) is 5.91 Å². The largest absolute Gasteiger partial charge is 0.508 e. The number of benzene rings is 3. The van der Waals surface area contributed by atoms with Crippen LogP contribution in [0.2, 0.25) is 0 Å². The first-order valence-electron chi connectivity index (χ1n) is 13.4. The van der Waals surface area contributed by atoms with Gasteiger partial charge in [-0.1, -0.05) is 48.5 Å². The first-order chi connectivity index (χ1) is 19.9. The molecule has 0 spiro atoms. The Morgan fingerprint density at radius 2 is 1.69 bits per heavy atom. The Kier molecular flexibility index (Phi) is 9.20. The van der Waals surface area contributed by atoms with Gasteiger partial charge >= 0.3 is 0 Å². The van der Waals surface area contributed by atoms with Crippen LogP contribution in [-0.2, 0) is 22.6 Å². The maximum atomic E-state index is 14.6. The lowest BCUT2D eigenvalue weighted by molar-refractivity contribution is -0.147. The van der Waals surface area contributed by atoms with Crippen molar-refractivity contribution in [3.8, 4) is 5.75 Å². The molecule has 222 valence electrons. The molecule has 3 amide bonds. The van der Waals surface area contributed by atoms with E-state index in [2.05, 4.69) is 10.6 Å². The van der Waals surface area contributed by atoms with Crippen LogP contribution in [-0.4, -0.2) is 63.5 Å². The second-order valence-electron chi connectivity index (χ2n) is 10.4. The maximum Gasteiger partial charge on any atom is 0.267 e. The highest BCUT2D eigenvalue weighted by Gasteiger charge is 2.51. The number of likely N-dealkylation sites (tertiary alicyclic amines) is 1. The van der Waals surface area contributed by atoms with Crippen LogP contribution < -0.4 is 10.6 Å². The fraction of sp³-hybridized carbons (Fsp3) is 0.323. The minimum Gasteiger partial charge on any atom is -0.508 e. The number of aliphatic hydroxyl groups excluding tert-OH is 1. The number of alkyl halides is 2. The summed E-state index contributed by atoms with van der Waals surface area (Å²) in [5.41, 5.74) is 1.76. The summed E-state index contributed by atoms with van der Waals surface area (Å²) in [4.78, 5) is 40.3. The minimum atomic E-state index is -3.40. The van der Waals surface area contributed by atoms with Gasteiger partial charge in [-0.3, -0.25) is 14.4 Å². The fourth-order valence-electron chi connectivity index (χ4n) is 4.99. The molecule has 8 nitrogen and oxygen atoms in total.